The number of aromatic nitrogens is 2. The summed E-state index contributed by atoms with van der Waals surface area (Å²) < 4.78 is 2.69. The molecule has 0 saturated heterocycles. The van der Waals surface area contributed by atoms with E-state index >= 15 is 0 Å². The number of halogens is 1. The normalized spacial score (nSPS) is 9.36. The van der Waals surface area contributed by atoms with E-state index in [0.717, 1.165) is 16.4 Å². The van der Waals surface area contributed by atoms with E-state index in [0.29, 0.717) is 5.69 Å². The number of aldehydes is 1. The Morgan fingerprint density at radius 1 is 1.50 bits per heavy atom. The van der Waals surface area contributed by atoms with Crippen LogP contribution < -0.4 is 0 Å². The molecule has 0 aliphatic rings. The summed E-state index contributed by atoms with van der Waals surface area (Å²) in [5, 5.41) is 0. The van der Waals surface area contributed by atoms with E-state index in [1.165, 1.54) is 0 Å². The van der Waals surface area contributed by atoms with Crippen molar-refractivity contribution in [3.8, 4) is 0 Å². The van der Waals surface area contributed by atoms with Gasteiger partial charge in [0.05, 0.1) is 4.47 Å². The maximum absolute atomic E-state index is 10.4. The van der Waals surface area contributed by atoms with Crippen molar-refractivity contribution in [3.05, 3.63) is 34.7 Å². The highest BCUT2D eigenvalue weighted by Crippen LogP contribution is 2.15. The molecule has 0 atom stereocenters. The number of fused-ring (bicyclic) bond motifs is 1. The summed E-state index contributed by atoms with van der Waals surface area (Å²) in [7, 11) is 0. The first kappa shape index (κ1) is 10.9. The highest BCUT2D eigenvalue weighted by molar-refractivity contribution is 9.10. The molecule has 74 valence electrons. The van der Waals surface area contributed by atoms with Gasteiger partial charge < -0.3 is 4.40 Å². The van der Waals surface area contributed by atoms with Gasteiger partial charge in [0.2, 0.25) is 0 Å². The SMILES string of the molecule is CC.O=Cc1cn2cccc(Br)c2n1. The molecular formula is C10H11BrN2O. The summed E-state index contributed by atoms with van der Waals surface area (Å²) in [6.45, 7) is 4.00. The number of pyridine rings is 1. The molecule has 4 heteroatoms. The molecule has 0 aliphatic carbocycles. The van der Waals surface area contributed by atoms with Gasteiger partial charge in [-0.1, -0.05) is 13.8 Å². The summed E-state index contributed by atoms with van der Waals surface area (Å²) in [5.41, 5.74) is 1.21. The first-order valence-corrected chi connectivity index (χ1v) is 5.19. The Kier molecular flexibility index (Phi) is 3.83. The number of rotatable bonds is 1. The van der Waals surface area contributed by atoms with E-state index in [4.69, 9.17) is 0 Å². The van der Waals surface area contributed by atoms with E-state index in [9.17, 15) is 4.79 Å². The highest BCUT2D eigenvalue weighted by atomic mass is 79.9. The second-order valence-electron chi connectivity index (χ2n) is 2.37. The van der Waals surface area contributed by atoms with Crippen molar-refractivity contribution in [1.82, 2.24) is 9.38 Å². The molecule has 2 heterocycles. The van der Waals surface area contributed by atoms with Crippen LogP contribution in [-0.2, 0) is 0 Å². The quantitative estimate of drug-likeness (QED) is 0.734. The van der Waals surface area contributed by atoms with E-state index in [-0.39, 0.29) is 0 Å². The molecule has 0 amide bonds. The van der Waals surface area contributed by atoms with Crippen LogP contribution in [0.5, 0.6) is 0 Å². The van der Waals surface area contributed by atoms with Crippen LogP contribution in [0.4, 0.5) is 0 Å². The van der Waals surface area contributed by atoms with Crippen LogP contribution in [0.2, 0.25) is 0 Å². The number of imidazole rings is 1. The molecule has 0 aromatic carbocycles. The minimum absolute atomic E-state index is 0.446. The van der Waals surface area contributed by atoms with Gasteiger partial charge in [0.15, 0.2) is 11.9 Å². The second-order valence-corrected chi connectivity index (χ2v) is 3.22. The van der Waals surface area contributed by atoms with Crippen LogP contribution in [0.15, 0.2) is 29.0 Å². The van der Waals surface area contributed by atoms with Crippen molar-refractivity contribution in [3.63, 3.8) is 0 Å². The molecule has 2 aromatic heterocycles. The third-order valence-corrected chi connectivity index (χ3v) is 2.19. The Morgan fingerprint density at radius 3 is 2.79 bits per heavy atom. The lowest BCUT2D eigenvalue weighted by Gasteiger charge is -1.92. The lowest BCUT2D eigenvalue weighted by atomic mass is 10.5. The Morgan fingerprint density at radius 2 is 2.21 bits per heavy atom. The molecule has 0 radical (unpaired) electrons. The van der Waals surface area contributed by atoms with Gasteiger partial charge in [0, 0.05) is 12.4 Å². The van der Waals surface area contributed by atoms with E-state index in [1.54, 1.807) is 10.6 Å². The topological polar surface area (TPSA) is 34.4 Å². The molecule has 0 spiro atoms. The van der Waals surface area contributed by atoms with Crippen LogP contribution in [0.3, 0.4) is 0 Å². The highest BCUT2D eigenvalue weighted by Gasteiger charge is 2.01. The van der Waals surface area contributed by atoms with Gasteiger partial charge in [-0.05, 0) is 28.1 Å². The molecule has 0 unspecified atom stereocenters. The fourth-order valence-corrected chi connectivity index (χ4v) is 1.50. The molecule has 14 heavy (non-hydrogen) atoms. The van der Waals surface area contributed by atoms with Crippen molar-refractivity contribution >= 4 is 27.9 Å². The number of hydrogen-bond donors (Lipinski definition) is 0. The second kappa shape index (κ2) is 4.91. The zero-order chi connectivity index (χ0) is 10.6. The predicted octanol–water partition coefficient (Wildman–Crippen LogP) is 2.94. The van der Waals surface area contributed by atoms with Crippen molar-refractivity contribution in [2.24, 2.45) is 0 Å². The molecule has 0 bridgehead atoms. The summed E-state index contributed by atoms with van der Waals surface area (Å²) in [6, 6.07) is 3.77. The minimum atomic E-state index is 0.446. The van der Waals surface area contributed by atoms with Crippen LogP contribution >= 0.6 is 15.9 Å². The average Bonchev–Trinajstić information content (AvgIpc) is 2.65. The number of hydrogen-bond acceptors (Lipinski definition) is 2. The van der Waals surface area contributed by atoms with Gasteiger partial charge in [0.1, 0.15) is 5.69 Å². The summed E-state index contributed by atoms with van der Waals surface area (Å²) >= 11 is 3.34. The fourth-order valence-electron chi connectivity index (χ4n) is 1.05. The van der Waals surface area contributed by atoms with Gasteiger partial charge in [0.25, 0.3) is 0 Å². The molecule has 3 nitrogen and oxygen atoms in total. The van der Waals surface area contributed by atoms with E-state index in [1.807, 2.05) is 32.2 Å². The van der Waals surface area contributed by atoms with Gasteiger partial charge >= 0.3 is 0 Å². The number of carbonyl (C=O) groups is 1. The van der Waals surface area contributed by atoms with E-state index in [2.05, 4.69) is 20.9 Å². The smallest absolute Gasteiger partial charge is 0.170 e. The largest absolute Gasteiger partial charge is 0.305 e. The van der Waals surface area contributed by atoms with Gasteiger partial charge in [-0.25, -0.2) is 4.98 Å². The van der Waals surface area contributed by atoms with Crippen molar-refractivity contribution in [2.45, 2.75) is 13.8 Å². The standard InChI is InChI=1S/C8H5BrN2O.C2H6/c9-7-2-1-3-11-4-6(5-12)10-8(7)11;1-2/h1-5H;1-2H3. The fraction of sp³-hybridized carbons (Fsp3) is 0.200. The number of nitrogens with zero attached hydrogens (tertiary/aromatic N) is 2. The Bertz CT molecular complexity index is 437. The van der Waals surface area contributed by atoms with E-state index < -0.39 is 0 Å². The van der Waals surface area contributed by atoms with Crippen LogP contribution in [0, 0.1) is 0 Å². The molecular weight excluding hydrogens is 244 g/mol. The van der Waals surface area contributed by atoms with Crippen molar-refractivity contribution in [2.75, 3.05) is 0 Å². The lowest BCUT2D eigenvalue weighted by Crippen LogP contribution is -1.80. The maximum Gasteiger partial charge on any atom is 0.170 e. The first-order chi connectivity index (χ1) is 6.81. The summed E-state index contributed by atoms with van der Waals surface area (Å²) in [4.78, 5) is 14.5. The minimum Gasteiger partial charge on any atom is -0.305 e. The molecule has 2 aromatic rings. The van der Waals surface area contributed by atoms with Crippen molar-refractivity contribution < 1.29 is 4.79 Å². The lowest BCUT2D eigenvalue weighted by molar-refractivity contribution is 0.111. The third kappa shape index (κ3) is 2.01. The van der Waals surface area contributed by atoms with Crippen LogP contribution in [-0.4, -0.2) is 15.7 Å². The first-order valence-electron chi connectivity index (χ1n) is 4.39. The van der Waals surface area contributed by atoms with Gasteiger partial charge in [-0.15, -0.1) is 0 Å². The van der Waals surface area contributed by atoms with Gasteiger partial charge in [-0.2, -0.15) is 0 Å². The summed E-state index contributed by atoms with van der Waals surface area (Å²) in [6.07, 6.45) is 4.27. The zero-order valence-electron chi connectivity index (χ0n) is 8.07. The van der Waals surface area contributed by atoms with Gasteiger partial charge in [-0.3, -0.25) is 4.79 Å². The summed E-state index contributed by atoms with van der Waals surface area (Å²) in [5.74, 6) is 0. The Balaban J connectivity index is 0.000000461. The molecule has 2 rings (SSSR count). The van der Waals surface area contributed by atoms with Crippen molar-refractivity contribution in [1.29, 1.82) is 0 Å². The maximum atomic E-state index is 10.4. The molecule has 0 aliphatic heterocycles. The molecule has 0 fully saturated rings. The third-order valence-electron chi connectivity index (χ3n) is 1.57. The molecule has 0 saturated carbocycles. The Hall–Kier alpha value is -1.16. The monoisotopic (exact) mass is 254 g/mol. The van der Waals surface area contributed by atoms with Crippen LogP contribution in [0.25, 0.3) is 5.65 Å². The predicted molar refractivity (Wildman–Crippen MR) is 59.6 cm³/mol. The van der Waals surface area contributed by atoms with Crippen LogP contribution in [0.1, 0.15) is 24.3 Å². The Labute approximate surface area is 90.9 Å². The zero-order valence-corrected chi connectivity index (χ0v) is 9.65. The molecule has 0 N–H and O–H groups in total. The average molecular weight is 255 g/mol. The number of carbonyl (C=O) groups excluding carboxylic acids is 1.